The highest BCUT2D eigenvalue weighted by Gasteiger charge is 2.35. The van der Waals surface area contributed by atoms with Gasteiger partial charge in [0, 0.05) is 55.9 Å². The van der Waals surface area contributed by atoms with Gasteiger partial charge in [-0.3, -0.25) is 9.59 Å². The van der Waals surface area contributed by atoms with Gasteiger partial charge in [0.05, 0.1) is 5.56 Å². The van der Waals surface area contributed by atoms with Gasteiger partial charge >= 0.3 is 0 Å². The molecule has 0 radical (unpaired) electrons. The number of likely N-dealkylation sites (N-methyl/N-ethyl adjacent to an activating group) is 1. The fraction of sp³-hybridized carbons (Fsp3) is 0.520. The molecule has 4 rings (SSSR count). The summed E-state index contributed by atoms with van der Waals surface area (Å²) in [5.74, 6) is 0.608. The Morgan fingerprint density at radius 2 is 2.00 bits per heavy atom. The molecule has 2 amide bonds. The number of anilines is 1. The highest BCUT2D eigenvalue weighted by molar-refractivity contribution is 6.01. The number of halogens is 1. The molecule has 0 aromatic carbocycles. The number of carbonyl (C=O) groups excluding carboxylic acids is 2. The summed E-state index contributed by atoms with van der Waals surface area (Å²) < 4.78 is 14.5. The molecule has 1 fully saturated rings. The largest absolute Gasteiger partial charge is 0.355 e. The first-order chi connectivity index (χ1) is 15.9. The molecule has 3 heterocycles. The number of rotatable bonds is 5. The van der Waals surface area contributed by atoms with Crippen molar-refractivity contribution >= 4 is 23.8 Å². The summed E-state index contributed by atoms with van der Waals surface area (Å²) in [4.78, 5) is 33.7. The highest BCUT2D eigenvalue weighted by Crippen LogP contribution is 2.34. The molecule has 1 aromatic rings. The number of amides is 2. The van der Waals surface area contributed by atoms with E-state index in [0.29, 0.717) is 61.9 Å². The lowest BCUT2D eigenvalue weighted by molar-refractivity contribution is -0.117. The van der Waals surface area contributed by atoms with E-state index in [-0.39, 0.29) is 11.8 Å². The maximum atomic E-state index is 14.5. The molecule has 7 nitrogen and oxygen atoms in total. The molecular formula is C25H32FN5O2. The summed E-state index contributed by atoms with van der Waals surface area (Å²) in [7, 11) is 1.60. The Bertz CT molecular complexity index is 1020. The topological polar surface area (TPSA) is 89.4 Å². The SMILES string of the molecule is CCC1(F)CCN(C(=O)c2cnc3c(c2)CCCN3C2=CC(C=N)=C(C(=O)NC)CC2)CC1. The molecule has 0 bridgehead atoms. The molecule has 33 heavy (non-hydrogen) atoms. The van der Waals surface area contributed by atoms with Crippen molar-refractivity contribution in [3.05, 3.63) is 46.3 Å². The van der Waals surface area contributed by atoms with Crippen LogP contribution in [0.25, 0.3) is 0 Å². The van der Waals surface area contributed by atoms with E-state index in [1.54, 1.807) is 18.1 Å². The zero-order chi connectivity index (χ0) is 23.6. The van der Waals surface area contributed by atoms with Crippen molar-refractivity contribution in [3.63, 3.8) is 0 Å². The minimum Gasteiger partial charge on any atom is -0.355 e. The number of likely N-dealkylation sites (tertiary alicyclic amines) is 1. The Morgan fingerprint density at radius 1 is 1.24 bits per heavy atom. The fourth-order valence-corrected chi connectivity index (χ4v) is 4.98. The van der Waals surface area contributed by atoms with Crippen molar-refractivity contribution < 1.29 is 14.0 Å². The van der Waals surface area contributed by atoms with Crippen LogP contribution in [0.4, 0.5) is 10.2 Å². The van der Waals surface area contributed by atoms with Crippen molar-refractivity contribution in [2.45, 2.75) is 57.5 Å². The molecule has 0 saturated carbocycles. The van der Waals surface area contributed by atoms with Gasteiger partial charge in [0.25, 0.3) is 5.91 Å². The summed E-state index contributed by atoms with van der Waals surface area (Å²) >= 11 is 0. The summed E-state index contributed by atoms with van der Waals surface area (Å²) in [5.41, 5.74) is 2.71. The maximum Gasteiger partial charge on any atom is 0.255 e. The van der Waals surface area contributed by atoms with Gasteiger partial charge in [0.2, 0.25) is 5.91 Å². The second-order valence-corrected chi connectivity index (χ2v) is 9.05. The van der Waals surface area contributed by atoms with Crippen LogP contribution in [-0.2, 0) is 11.2 Å². The number of hydrogen-bond donors (Lipinski definition) is 2. The molecule has 2 N–H and O–H groups in total. The first-order valence-corrected chi connectivity index (χ1v) is 11.8. The molecule has 8 heteroatoms. The number of aryl methyl sites for hydroxylation is 1. The molecule has 3 aliphatic rings. The Morgan fingerprint density at radius 3 is 2.67 bits per heavy atom. The molecule has 0 spiro atoms. The zero-order valence-electron chi connectivity index (χ0n) is 19.4. The third-order valence-electron chi connectivity index (χ3n) is 7.16. The van der Waals surface area contributed by atoms with Crippen LogP contribution >= 0.6 is 0 Å². The first kappa shape index (κ1) is 23.1. The van der Waals surface area contributed by atoms with Crippen molar-refractivity contribution in [3.8, 4) is 0 Å². The summed E-state index contributed by atoms with van der Waals surface area (Å²) in [6, 6.07) is 1.93. The van der Waals surface area contributed by atoms with Crippen LogP contribution in [0.2, 0.25) is 0 Å². The van der Waals surface area contributed by atoms with Crippen LogP contribution < -0.4 is 10.2 Å². The quantitative estimate of drug-likeness (QED) is 0.667. The number of piperidine rings is 1. The highest BCUT2D eigenvalue weighted by atomic mass is 19.1. The number of fused-ring (bicyclic) bond motifs is 1. The second kappa shape index (κ2) is 9.45. The maximum absolute atomic E-state index is 14.5. The fourth-order valence-electron chi connectivity index (χ4n) is 4.98. The number of aromatic nitrogens is 1. The van der Waals surface area contributed by atoms with E-state index in [4.69, 9.17) is 5.41 Å². The van der Waals surface area contributed by atoms with Crippen molar-refractivity contribution in [2.24, 2.45) is 0 Å². The minimum absolute atomic E-state index is 0.0818. The van der Waals surface area contributed by atoms with Crippen molar-refractivity contribution in [1.29, 1.82) is 5.41 Å². The Kier molecular flexibility index (Phi) is 6.63. The lowest BCUT2D eigenvalue weighted by Crippen LogP contribution is -2.44. The molecule has 1 saturated heterocycles. The Balaban J connectivity index is 1.55. The average Bonchev–Trinajstić information content (AvgIpc) is 2.87. The van der Waals surface area contributed by atoms with Crippen molar-refractivity contribution in [1.82, 2.24) is 15.2 Å². The van der Waals surface area contributed by atoms with Crippen LogP contribution in [0.1, 0.15) is 61.4 Å². The Labute approximate surface area is 194 Å². The van der Waals surface area contributed by atoms with Gasteiger partial charge in [-0.05, 0) is 62.7 Å². The number of hydrogen-bond acceptors (Lipinski definition) is 5. The third kappa shape index (κ3) is 4.56. The van der Waals surface area contributed by atoms with E-state index >= 15 is 0 Å². The molecule has 0 unspecified atom stereocenters. The number of alkyl halides is 1. The molecule has 176 valence electrons. The molecule has 1 aliphatic carbocycles. The minimum atomic E-state index is -1.15. The molecule has 2 aliphatic heterocycles. The number of nitrogens with one attached hydrogen (secondary N) is 2. The van der Waals surface area contributed by atoms with Gasteiger partial charge in [0.1, 0.15) is 11.5 Å². The summed E-state index contributed by atoms with van der Waals surface area (Å²) in [6.07, 6.45) is 9.05. The number of nitrogens with zero attached hydrogens (tertiary/aromatic N) is 3. The van der Waals surface area contributed by atoms with Gasteiger partial charge in [-0.2, -0.15) is 0 Å². The van der Waals surface area contributed by atoms with E-state index in [1.807, 2.05) is 19.1 Å². The lowest BCUT2D eigenvalue weighted by atomic mass is 9.90. The van der Waals surface area contributed by atoms with Gasteiger partial charge in [-0.1, -0.05) is 6.92 Å². The van der Waals surface area contributed by atoms with Crippen LogP contribution in [0.3, 0.4) is 0 Å². The van der Waals surface area contributed by atoms with E-state index < -0.39 is 5.67 Å². The first-order valence-electron chi connectivity index (χ1n) is 11.8. The summed E-state index contributed by atoms with van der Waals surface area (Å²) in [6.45, 7) is 3.54. The molecule has 1 aromatic heterocycles. The number of pyridine rings is 1. The predicted octanol–water partition coefficient (Wildman–Crippen LogP) is 3.56. The van der Waals surface area contributed by atoms with Crippen LogP contribution in [0.5, 0.6) is 0 Å². The average molecular weight is 454 g/mol. The summed E-state index contributed by atoms with van der Waals surface area (Å²) in [5, 5.41) is 10.4. The monoisotopic (exact) mass is 453 g/mol. The second-order valence-electron chi connectivity index (χ2n) is 9.05. The smallest absolute Gasteiger partial charge is 0.255 e. The van der Waals surface area contributed by atoms with Crippen LogP contribution in [0.15, 0.2) is 35.2 Å². The van der Waals surface area contributed by atoms with Crippen LogP contribution in [-0.4, -0.2) is 60.3 Å². The van der Waals surface area contributed by atoms with E-state index in [1.165, 1.54) is 6.21 Å². The van der Waals surface area contributed by atoms with Gasteiger partial charge in [-0.15, -0.1) is 0 Å². The van der Waals surface area contributed by atoms with E-state index in [9.17, 15) is 14.0 Å². The van der Waals surface area contributed by atoms with Gasteiger partial charge in [0.15, 0.2) is 0 Å². The van der Waals surface area contributed by atoms with Gasteiger partial charge in [-0.25, -0.2) is 9.37 Å². The number of allylic oxidation sites excluding steroid dienone is 3. The normalized spacial score (nSPS) is 20.2. The van der Waals surface area contributed by atoms with Crippen LogP contribution in [0, 0.1) is 5.41 Å². The third-order valence-corrected chi connectivity index (χ3v) is 7.16. The zero-order valence-corrected chi connectivity index (χ0v) is 19.4. The number of carbonyl (C=O) groups is 2. The Hall–Kier alpha value is -3.03. The molecular weight excluding hydrogens is 421 g/mol. The van der Waals surface area contributed by atoms with Crippen molar-refractivity contribution in [2.75, 3.05) is 31.6 Å². The lowest BCUT2D eigenvalue weighted by Gasteiger charge is -2.36. The van der Waals surface area contributed by atoms with E-state index in [0.717, 1.165) is 36.5 Å². The van der Waals surface area contributed by atoms with E-state index in [2.05, 4.69) is 15.2 Å². The van der Waals surface area contributed by atoms with Gasteiger partial charge < -0.3 is 20.5 Å². The predicted molar refractivity (Wildman–Crippen MR) is 126 cm³/mol. The molecule has 0 atom stereocenters. The standard InChI is InChI=1S/C25H32FN5O2/c1-3-25(26)8-11-30(12-9-25)24(33)19-13-17-5-4-10-31(22(17)29-16-19)20-6-7-21(23(32)28-2)18(14-20)15-27/h13-16,27H,3-12H2,1-2H3,(H,28,32).